The van der Waals surface area contributed by atoms with Crippen LogP contribution in [0.25, 0.3) is 11.1 Å². The van der Waals surface area contributed by atoms with Gasteiger partial charge in [0.25, 0.3) is 0 Å². The molecule has 82 valence electrons. The van der Waals surface area contributed by atoms with Crippen LogP contribution in [0.15, 0.2) is 36.5 Å². The molecule has 0 unspecified atom stereocenters. The number of hydrogen-bond acceptors (Lipinski definition) is 3. The standard InChI is InChI=1S/C13H14N2O/c1-9-8-10(16-2)5-6-11(9)12-4-3-7-15-13(12)14/h3-8H,1-2H3,(H2,14,15). The van der Waals surface area contributed by atoms with Gasteiger partial charge in [-0.15, -0.1) is 0 Å². The molecule has 0 radical (unpaired) electrons. The first-order valence-corrected chi connectivity index (χ1v) is 5.08. The van der Waals surface area contributed by atoms with Crippen molar-refractivity contribution in [1.29, 1.82) is 0 Å². The first kappa shape index (κ1) is 10.5. The Labute approximate surface area is 94.9 Å². The first-order chi connectivity index (χ1) is 7.72. The van der Waals surface area contributed by atoms with Gasteiger partial charge < -0.3 is 10.5 Å². The minimum absolute atomic E-state index is 0.552. The van der Waals surface area contributed by atoms with E-state index in [4.69, 9.17) is 10.5 Å². The third kappa shape index (κ3) is 1.84. The van der Waals surface area contributed by atoms with Crippen molar-refractivity contribution in [3.8, 4) is 16.9 Å². The number of aryl methyl sites for hydroxylation is 1. The van der Waals surface area contributed by atoms with E-state index >= 15 is 0 Å². The van der Waals surface area contributed by atoms with E-state index in [-0.39, 0.29) is 0 Å². The maximum absolute atomic E-state index is 5.85. The van der Waals surface area contributed by atoms with Crippen LogP contribution in [-0.4, -0.2) is 12.1 Å². The fourth-order valence-electron chi connectivity index (χ4n) is 1.71. The summed E-state index contributed by atoms with van der Waals surface area (Å²) in [6, 6.07) is 9.77. The molecule has 2 N–H and O–H groups in total. The van der Waals surface area contributed by atoms with Crippen LogP contribution in [0.1, 0.15) is 5.56 Å². The number of aromatic nitrogens is 1. The summed E-state index contributed by atoms with van der Waals surface area (Å²) < 4.78 is 5.17. The van der Waals surface area contributed by atoms with Gasteiger partial charge in [0.15, 0.2) is 0 Å². The Morgan fingerprint density at radius 3 is 2.62 bits per heavy atom. The second-order valence-corrected chi connectivity index (χ2v) is 3.62. The molecule has 3 heteroatoms. The fraction of sp³-hybridized carbons (Fsp3) is 0.154. The largest absolute Gasteiger partial charge is 0.497 e. The van der Waals surface area contributed by atoms with E-state index in [2.05, 4.69) is 4.98 Å². The number of nitrogen functional groups attached to an aromatic ring is 1. The zero-order valence-corrected chi connectivity index (χ0v) is 9.40. The van der Waals surface area contributed by atoms with Crippen molar-refractivity contribution >= 4 is 5.82 Å². The molecular weight excluding hydrogens is 200 g/mol. The number of rotatable bonds is 2. The molecule has 0 atom stereocenters. The molecule has 0 spiro atoms. The van der Waals surface area contributed by atoms with Crippen molar-refractivity contribution in [2.24, 2.45) is 0 Å². The highest BCUT2D eigenvalue weighted by atomic mass is 16.5. The van der Waals surface area contributed by atoms with Crippen LogP contribution >= 0.6 is 0 Å². The predicted octanol–water partition coefficient (Wildman–Crippen LogP) is 2.65. The summed E-state index contributed by atoms with van der Waals surface area (Å²) in [5, 5.41) is 0. The zero-order chi connectivity index (χ0) is 11.5. The highest BCUT2D eigenvalue weighted by Crippen LogP contribution is 2.29. The van der Waals surface area contributed by atoms with Gasteiger partial charge in [-0.3, -0.25) is 0 Å². The molecule has 0 fully saturated rings. The lowest BCUT2D eigenvalue weighted by Gasteiger charge is -2.09. The zero-order valence-electron chi connectivity index (χ0n) is 9.40. The molecule has 1 aromatic carbocycles. The molecule has 2 rings (SSSR count). The number of pyridine rings is 1. The smallest absolute Gasteiger partial charge is 0.131 e. The summed E-state index contributed by atoms with van der Waals surface area (Å²) in [7, 11) is 1.66. The van der Waals surface area contributed by atoms with Crippen molar-refractivity contribution in [3.63, 3.8) is 0 Å². The van der Waals surface area contributed by atoms with Crippen molar-refractivity contribution in [3.05, 3.63) is 42.1 Å². The van der Waals surface area contributed by atoms with Gasteiger partial charge in [-0.25, -0.2) is 4.98 Å². The maximum Gasteiger partial charge on any atom is 0.131 e. The minimum atomic E-state index is 0.552. The first-order valence-electron chi connectivity index (χ1n) is 5.08. The quantitative estimate of drug-likeness (QED) is 0.836. The lowest BCUT2D eigenvalue weighted by molar-refractivity contribution is 0.414. The van der Waals surface area contributed by atoms with Crippen LogP contribution in [0.2, 0.25) is 0 Å². The van der Waals surface area contributed by atoms with Crippen molar-refractivity contribution in [2.75, 3.05) is 12.8 Å². The van der Waals surface area contributed by atoms with Crippen LogP contribution in [0.5, 0.6) is 5.75 Å². The molecule has 0 saturated heterocycles. The number of anilines is 1. The Kier molecular flexibility index (Phi) is 2.77. The Hall–Kier alpha value is -2.03. The monoisotopic (exact) mass is 214 g/mol. The van der Waals surface area contributed by atoms with Gasteiger partial charge in [0, 0.05) is 11.8 Å². The van der Waals surface area contributed by atoms with Gasteiger partial charge in [-0.2, -0.15) is 0 Å². The number of nitrogens with zero attached hydrogens (tertiary/aromatic N) is 1. The molecule has 2 aromatic rings. The lowest BCUT2D eigenvalue weighted by atomic mass is 10.0. The van der Waals surface area contributed by atoms with Crippen LogP contribution in [0.4, 0.5) is 5.82 Å². The Morgan fingerprint density at radius 2 is 2.00 bits per heavy atom. The lowest BCUT2D eigenvalue weighted by Crippen LogP contribution is -1.94. The molecule has 0 aliphatic carbocycles. The van der Waals surface area contributed by atoms with Gasteiger partial charge in [0.05, 0.1) is 7.11 Å². The topological polar surface area (TPSA) is 48.1 Å². The van der Waals surface area contributed by atoms with Gasteiger partial charge in [-0.1, -0.05) is 6.07 Å². The minimum Gasteiger partial charge on any atom is -0.497 e. The summed E-state index contributed by atoms with van der Waals surface area (Å²) in [5.41, 5.74) is 9.02. The Bertz CT molecular complexity index is 509. The molecule has 0 amide bonds. The number of hydrogen-bond donors (Lipinski definition) is 1. The van der Waals surface area contributed by atoms with Crippen LogP contribution in [-0.2, 0) is 0 Å². The molecule has 3 nitrogen and oxygen atoms in total. The predicted molar refractivity (Wildman–Crippen MR) is 65.4 cm³/mol. The third-order valence-electron chi connectivity index (χ3n) is 2.56. The number of benzene rings is 1. The normalized spacial score (nSPS) is 10.1. The number of methoxy groups -OCH3 is 1. The molecular formula is C13H14N2O. The molecule has 0 aliphatic heterocycles. The van der Waals surface area contributed by atoms with Gasteiger partial charge in [0.1, 0.15) is 11.6 Å². The molecule has 0 saturated carbocycles. The molecule has 0 bridgehead atoms. The Balaban J connectivity index is 2.53. The van der Waals surface area contributed by atoms with Crippen LogP contribution < -0.4 is 10.5 Å². The molecule has 16 heavy (non-hydrogen) atoms. The SMILES string of the molecule is COc1ccc(-c2cccnc2N)c(C)c1. The molecule has 0 aliphatic rings. The molecule has 1 heterocycles. The van der Waals surface area contributed by atoms with Crippen LogP contribution in [0.3, 0.4) is 0 Å². The second-order valence-electron chi connectivity index (χ2n) is 3.62. The van der Waals surface area contributed by atoms with E-state index < -0.39 is 0 Å². The average Bonchev–Trinajstić information content (AvgIpc) is 2.30. The van der Waals surface area contributed by atoms with Gasteiger partial charge >= 0.3 is 0 Å². The highest BCUT2D eigenvalue weighted by Gasteiger charge is 2.06. The van der Waals surface area contributed by atoms with E-state index in [1.807, 2.05) is 37.3 Å². The third-order valence-corrected chi connectivity index (χ3v) is 2.56. The van der Waals surface area contributed by atoms with E-state index in [9.17, 15) is 0 Å². The number of ether oxygens (including phenoxy) is 1. The molecule has 1 aromatic heterocycles. The highest BCUT2D eigenvalue weighted by molar-refractivity contribution is 5.76. The van der Waals surface area contributed by atoms with Crippen LogP contribution in [0, 0.1) is 6.92 Å². The van der Waals surface area contributed by atoms with Crippen molar-refractivity contribution in [2.45, 2.75) is 6.92 Å². The Morgan fingerprint density at radius 1 is 1.19 bits per heavy atom. The van der Waals surface area contributed by atoms with Gasteiger partial charge in [0.2, 0.25) is 0 Å². The van der Waals surface area contributed by atoms with Crippen molar-refractivity contribution in [1.82, 2.24) is 4.98 Å². The van der Waals surface area contributed by atoms with E-state index in [1.165, 1.54) is 0 Å². The fourth-order valence-corrected chi connectivity index (χ4v) is 1.71. The number of nitrogens with two attached hydrogens (primary N) is 1. The summed E-state index contributed by atoms with van der Waals surface area (Å²) in [6.45, 7) is 2.03. The van der Waals surface area contributed by atoms with E-state index in [0.717, 1.165) is 22.4 Å². The van der Waals surface area contributed by atoms with E-state index in [0.29, 0.717) is 5.82 Å². The van der Waals surface area contributed by atoms with E-state index in [1.54, 1.807) is 13.3 Å². The van der Waals surface area contributed by atoms with Crippen molar-refractivity contribution < 1.29 is 4.74 Å². The average molecular weight is 214 g/mol. The maximum atomic E-state index is 5.85. The second kappa shape index (κ2) is 4.23. The summed E-state index contributed by atoms with van der Waals surface area (Å²) >= 11 is 0. The summed E-state index contributed by atoms with van der Waals surface area (Å²) in [5.74, 6) is 1.40. The summed E-state index contributed by atoms with van der Waals surface area (Å²) in [6.07, 6.45) is 1.69. The summed E-state index contributed by atoms with van der Waals surface area (Å²) in [4.78, 5) is 4.09. The van der Waals surface area contributed by atoms with Gasteiger partial charge in [-0.05, 0) is 42.3 Å².